The molecule has 138 valence electrons. The second-order valence-corrected chi connectivity index (χ2v) is 6.28. The topological polar surface area (TPSA) is 72.0 Å². The predicted octanol–water partition coefficient (Wildman–Crippen LogP) is 2.95. The van der Waals surface area contributed by atoms with Gasteiger partial charge in [0.25, 0.3) is 0 Å². The molecule has 0 amide bonds. The van der Waals surface area contributed by atoms with Gasteiger partial charge in [-0.1, -0.05) is 18.7 Å². The lowest BCUT2D eigenvalue weighted by Crippen LogP contribution is -2.28. The van der Waals surface area contributed by atoms with Crippen LogP contribution in [0.2, 0.25) is 0 Å². The first-order valence-corrected chi connectivity index (χ1v) is 8.46. The van der Waals surface area contributed by atoms with Gasteiger partial charge in [0.15, 0.2) is 11.5 Å². The Kier molecular flexibility index (Phi) is 5.65. The van der Waals surface area contributed by atoms with Gasteiger partial charge < -0.3 is 19.3 Å². The van der Waals surface area contributed by atoms with E-state index in [1.165, 1.54) is 0 Å². The van der Waals surface area contributed by atoms with Gasteiger partial charge in [-0.2, -0.15) is 0 Å². The summed E-state index contributed by atoms with van der Waals surface area (Å²) >= 11 is 0. The van der Waals surface area contributed by atoms with E-state index in [9.17, 15) is 5.11 Å². The predicted molar refractivity (Wildman–Crippen MR) is 99.7 cm³/mol. The molecule has 0 aromatic heterocycles. The zero-order valence-electron chi connectivity index (χ0n) is 15.0. The SMILES string of the molecule is C=C(C)COc1ccc(C2NNCC2Oc2ccccc2OC)c(O)c1. The molecule has 2 unspecified atom stereocenters. The van der Waals surface area contributed by atoms with Crippen molar-refractivity contribution in [3.8, 4) is 23.0 Å². The minimum absolute atomic E-state index is 0.152. The molecule has 1 heterocycles. The highest BCUT2D eigenvalue weighted by molar-refractivity contribution is 5.43. The van der Waals surface area contributed by atoms with E-state index < -0.39 is 0 Å². The van der Waals surface area contributed by atoms with E-state index in [4.69, 9.17) is 14.2 Å². The van der Waals surface area contributed by atoms with Crippen LogP contribution in [0.5, 0.6) is 23.0 Å². The van der Waals surface area contributed by atoms with E-state index in [2.05, 4.69) is 17.4 Å². The maximum absolute atomic E-state index is 10.5. The summed E-state index contributed by atoms with van der Waals surface area (Å²) in [6.07, 6.45) is -0.209. The molecule has 6 heteroatoms. The van der Waals surface area contributed by atoms with Gasteiger partial charge in [0.05, 0.1) is 13.2 Å². The normalized spacial score (nSPS) is 19.2. The zero-order valence-corrected chi connectivity index (χ0v) is 15.0. The highest BCUT2D eigenvalue weighted by Gasteiger charge is 2.32. The lowest BCUT2D eigenvalue weighted by Gasteiger charge is -2.22. The Labute approximate surface area is 153 Å². The van der Waals surface area contributed by atoms with Crippen LogP contribution in [0.1, 0.15) is 18.5 Å². The fraction of sp³-hybridized carbons (Fsp3) is 0.300. The van der Waals surface area contributed by atoms with Crippen molar-refractivity contribution in [2.24, 2.45) is 0 Å². The van der Waals surface area contributed by atoms with Gasteiger partial charge in [0.2, 0.25) is 0 Å². The van der Waals surface area contributed by atoms with E-state index in [-0.39, 0.29) is 17.9 Å². The number of hydrogen-bond donors (Lipinski definition) is 3. The second kappa shape index (κ2) is 8.12. The number of phenolic OH excluding ortho intramolecular Hbond substituents is 1. The van der Waals surface area contributed by atoms with Crippen molar-refractivity contribution < 1.29 is 19.3 Å². The molecule has 0 aliphatic carbocycles. The van der Waals surface area contributed by atoms with E-state index in [1.54, 1.807) is 13.2 Å². The van der Waals surface area contributed by atoms with Crippen molar-refractivity contribution in [3.05, 3.63) is 60.2 Å². The van der Waals surface area contributed by atoms with E-state index in [0.717, 1.165) is 11.1 Å². The summed E-state index contributed by atoms with van der Waals surface area (Å²) < 4.78 is 17.0. The van der Waals surface area contributed by atoms with Crippen LogP contribution >= 0.6 is 0 Å². The lowest BCUT2D eigenvalue weighted by atomic mass is 10.0. The minimum atomic E-state index is -0.213. The first-order valence-electron chi connectivity index (χ1n) is 8.46. The van der Waals surface area contributed by atoms with E-state index in [1.807, 2.05) is 43.3 Å². The summed E-state index contributed by atoms with van der Waals surface area (Å²) in [5.74, 6) is 2.09. The molecule has 0 spiro atoms. The number of rotatable bonds is 7. The van der Waals surface area contributed by atoms with Crippen molar-refractivity contribution in [1.82, 2.24) is 10.9 Å². The third-order valence-corrected chi connectivity index (χ3v) is 4.10. The average molecular weight is 356 g/mol. The molecular formula is C20H24N2O4. The van der Waals surface area contributed by atoms with Gasteiger partial charge in [-0.3, -0.25) is 5.43 Å². The maximum atomic E-state index is 10.5. The molecule has 2 aromatic rings. The average Bonchev–Trinajstić information content (AvgIpc) is 3.08. The Hall–Kier alpha value is -2.70. The monoisotopic (exact) mass is 356 g/mol. The van der Waals surface area contributed by atoms with Crippen LogP contribution in [0.4, 0.5) is 0 Å². The van der Waals surface area contributed by atoms with Crippen molar-refractivity contribution in [2.45, 2.75) is 19.1 Å². The van der Waals surface area contributed by atoms with Crippen LogP contribution in [0, 0.1) is 0 Å². The van der Waals surface area contributed by atoms with Gasteiger partial charge in [-0.25, -0.2) is 5.43 Å². The number of hydrazine groups is 1. The Morgan fingerprint density at radius 3 is 2.69 bits per heavy atom. The standard InChI is InChI=1S/C20H24N2O4/c1-13(2)12-25-14-8-9-15(16(23)10-14)20-19(11-21-22-20)26-18-7-5-4-6-17(18)24-3/h4-10,19-23H,1,11-12H2,2-3H3. The first kappa shape index (κ1) is 18.1. The Morgan fingerprint density at radius 1 is 1.23 bits per heavy atom. The number of benzene rings is 2. The fourth-order valence-corrected chi connectivity index (χ4v) is 2.83. The third kappa shape index (κ3) is 4.09. The summed E-state index contributed by atoms with van der Waals surface area (Å²) in [5.41, 5.74) is 7.90. The van der Waals surface area contributed by atoms with Crippen molar-refractivity contribution in [3.63, 3.8) is 0 Å². The summed E-state index contributed by atoms with van der Waals surface area (Å²) in [6, 6.07) is 12.6. The summed E-state index contributed by atoms with van der Waals surface area (Å²) in [7, 11) is 1.61. The van der Waals surface area contributed by atoms with Gasteiger partial charge >= 0.3 is 0 Å². The summed E-state index contributed by atoms with van der Waals surface area (Å²) in [6.45, 7) is 6.71. The number of aromatic hydroxyl groups is 1. The second-order valence-electron chi connectivity index (χ2n) is 6.28. The Morgan fingerprint density at radius 2 is 2.00 bits per heavy atom. The molecule has 6 nitrogen and oxygen atoms in total. The van der Waals surface area contributed by atoms with E-state index in [0.29, 0.717) is 30.4 Å². The third-order valence-electron chi connectivity index (χ3n) is 4.10. The van der Waals surface area contributed by atoms with Crippen LogP contribution in [0.25, 0.3) is 0 Å². The molecule has 2 atom stereocenters. The van der Waals surface area contributed by atoms with Gasteiger partial charge in [0.1, 0.15) is 24.2 Å². The molecule has 1 aliphatic heterocycles. The maximum Gasteiger partial charge on any atom is 0.161 e. The highest BCUT2D eigenvalue weighted by Crippen LogP contribution is 2.35. The first-order chi connectivity index (χ1) is 12.6. The van der Waals surface area contributed by atoms with E-state index >= 15 is 0 Å². The van der Waals surface area contributed by atoms with Crippen LogP contribution in [0.15, 0.2) is 54.6 Å². The largest absolute Gasteiger partial charge is 0.507 e. The molecular weight excluding hydrogens is 332 g/mol. The van der Waals surface area contributed by atoms with Crippen molar-refractivity contribution in [2.75, 3.05) is 20.3 Å². The van der Waals surface area contributed by atoms with Crippen molar-refractivity contribution >= 4 is 0 Å². The molecule has 1 fully saturated rings. The van der Waals surface area contributed by atoms with Gasteiger partial charge in [-0.15, -0.1) is 0 Å². The molecule has 2 aromatic carbocycles. The smallest absolute Gasteiger partial charge is 0.161 e. The minimum Gasteiger partial charge on any atom is -0.507 e. The van der Waals surface area contributed by atoms with Crippen LogP contribution in [-0.2, 0) is 0 Å². The van der Waals surface area contributed by atoms with Crippen LogP contribution < -0.4 is 25.1 Å². The Balaban J connectivity index is 1.76. The molecule has 3 N–H and O–H groups in total. The quantitative estimate of drug-likeness (QED) is 0.663. The van der Waals surface area contributed by atoms with Crippen LogP contribution in [0.3, 0.4) is 0 Å². The summed E-state index contributed by atoms with van der Waals surface area (Å²) in [5, 5.41) is 10.5. The highest BCUT2D eigenvalue weighted by atomic mass is 16.5. The number of para-hydroxylation sites is 2. The molecule has 1 saturated heterocycles. The molecule has 0 saturated carbocycles. The van der Waals surface area contributed by atoms with Gasteiger partial charge in [-0.05, 0) is 36.8 Å². The number of methoxy groups -OCH3 is 1. The zero-order chi connectivity index (χ0) is 18.5. The summed E-state index contributed by atoms with van der Waals surface area (Å²) in [4.78, 5) is 0. The number of phenols is 1. The number of hydrogen-bond acceptors (Lipinski definition) is 6. The number of nitrogens with one attached hydrogen (secondary N) is 2. The molecule has 0 bridgehead atoms. The fourth-order valence-electron chi connectivity index (χ4n) is 2.83. The lowest BCUT2D eigenvalue weighted by molar-refractivity contribution is 0.187. The molecule has 3 rings (SSSR count). The van der Waals surface area contributed by atoms with Crippen LogP contribution in [-0.4, -0.2) is 31.5 Å². The Bertz CT molecular complexity index is 778. The molecule has 0 radical (unpaired) electrons. The molecule has 1 aliphatic rings. The van der Waals surface area contributed by atoms with Crippen molar-refractivity contribution in [1.29, 1.82) is 0 Å². The van der Waals surface area contributed by atoms with Gasteiger partial charge in [0, 0.05) is 18.2 Å². The number of ether oxygens (including phenoxy) is 3. The molecule has 26 heavy (non-hydrogen) atoms.